The average Bonchev–Trinajstić information content (AvgIpc) is 3.02. The van der Waals surface area contributed by atoms with Crippen LogP contribution in [-0.4, -0.2) is 15.5 Å². The molecule has 0 spiro atoms. The van der Waals surface area contributed by atoms with Crippen molar-refractivity contribution in [3.63, 3.8) is 0 Å². The molecule has 4 rings (SSSR count). The number of nitrogens with one attached hydrogen (secondary N) is 1. The Hall–Kier alpha value is -3.41. The van der Waals surface area contributed by atoms with E-state index >= 15 is 0 Å². The van der Waals surface area contributed by atoms with Crippen LogP contribution in [0.3, 0.4) is 0 Å². The molecule has 6 nitrogen and oxygen atoms in total. The third-order valence-corrected chi connectivity index (χ3v) is 3.71. The molecular weight excluding hydrogens is 306 g/mol. The Labute approximate surface area is 136 Å². The van der Waals surface area contributed by atoms with Gasteiger partial charge >= 0.3 is 0 Å². The molecule has 1 aromatic carbocycles. The highest BCUT2D eigenvalue weighted by Crippen LogP contribution is 2.12. The minimum Gasteiger partial charge on any atom is -0.451 e. The molecular formula is C18H13N3O3. The van der Waals surface area contributed by atoms with Gasteiger partial charge in [0.05, 0.1) is 23.1 Å². The number of amides is 1. The number of pyridine rings is 1. The van der Waals surface area contributed by atoms with Crippen LogP contribution < -0.4 is 10.7 Å². The van der Waals surface area contributed by atoms with Crippen molar-refractivity contribution in [1.82, 2.24) is 14.9 Å². The van der Waals surface area contributed by atoms with Gasteiger partial charge in [-0.05, 0) is 30.3 Å². The maximum absolute atomic E-state index is 12.3. The van der Waals surface area contributed by atoms with Crippen LogP contribution in [-0.2, 0) is 6.54 Å². The lowest BCUT2D eigenvalue weighted by Gasteiger charge is -2.03. The Bertz CT molecular complexity index is 1080. The van der Waals surface area contributed by atoms with Crippen LogP contribution in [0.15, 0.2) is 70.0 Å². The lowest BCUT2D eigenvalue weighted by molar-refractivity contribution is 0.0923. The number of carbonyl (C=O) groups is 1. The first-order chi connectivity index (χ1) is 11.7. The van der Waals surface area contributed by atoms with Gasteiger partial charge in [0.2, 0.25) is 0 Å². The smallest absolute Gasteiger partial charge is 0.287 e. The van der Waals surface area contributed by atoms with Crippen LogP contribution in [0.2, 0.25) is 0 Å². The number of hydrogen-bond donors (Lipinski definition) is 1. The van der Waals surface area contributed by atoms with Gasteiger partial charge < -0.3 is 9.73 Å². The number of para-hydroxylation sites is 1. The number of carbonyl (C=O) groups excluding carboxylic acids is 1. The summed E-state index contributed by atoms with van der Waals surface area (Å²) in [6.07, 6.45) is 1.84. The Balaban J connectivity index is 1.56. The summed E-state index contributed by atoms with van der Waals surface area (Å²) < 4.78 is 7.25. The van der Waals surface area contributed by atoms with Gasteiger partial charge in [0.25, 0.3) is 5.91 Å². The molecule has 0 atom stereocenters. The van der Waals surface area contributed by atoms with E-state index in [0.29, 0.717) is 11.0 Å². The summed E-state index contributed by atoms with van der Waals surface area (Å²) in [6.45, 7) is 0.247. The Morgan fingerprint density at radius 2 is 1.96 bits per heavy atom. The van der Waals surface area contributed by atoms with Crippen LogP contribution in [0.5, 0.6) is 0 Å². The molecule has 3 heterocycles. The second-order valence-electron chi connectivity index (χ2n) is 5.36. The molecule has 0 fully saturated rings. The summed E-state index contributed by atoms with van der Waals surface area (Å²) in [7, 11) is 0. The molecule has 4 aromatic rings. The van der Waals surface area contributed by atoms with Crippen molar-refractivity contribution in [3.8, 4) is 0 Å². The first-order valence-corrected chi connectivity index (χ1v) is 7.45. The standard InChI is InChI=1S/C18H13N3O3/c22-15-10-17(24-16-7-2-1-6-14(15)16)18(23)19-11-12-9-13-5-3-4-8-21(13)20-12/h1-10H,11H2,(H,19,23). The van der Waals surface area contributed by atoms with E-state index in [4.69, 9.17) is 4.42 Å². The monoisotopic (exact) mass is 319 g/mol. The fraction of sp³-hybridized carbons (Fsp3) is 0.0556. The third-order valence-electron chi connectivity index (χ3n) is 3.71. The number of rotatable bonds is 3. The van der Waals surface area contributed by atoms with Gasteiger partial charge in [-0.2, -0.15) is 5.10 Å². The largest absolute Gasteiger partial charge is 0.451 e. The Kier molecular flexibility index (Phi) is 3.35. The Morgan fingerprint density at radius 3 is 2.83 bits per heavy atom. The topological polar surface area (TPSA) is 76.6 Å². The fourth-order valence-electron chi connectivity index (χ4n) is 2.55. The van der Waals surface area contributed by atoms with Gasteiger partial charge in [-0.25, -0.2) is 4.52 Å². The molecule has 118 valence electrons. The van der Waals surface area contributed by atoms with E-state index in [-0.39, 0.29) is 17.7 Å². The molecule has 1 N–H and O–H groups in total. The highest BCUT2D eigenvalue weighted by molar-refractivity contribution is 5.93. The van der Waals surface area contributed by atoms with Crippen molar-refractivity contribution < 1.29 is 9.21 Å². The molecule has 3 aromatic heterocycles. The van der Waals surface area contributed by atoms with Crippen molar-refractivity contribution >= 4 is 22.4 Å². The zero-order valence-corrected chi connectivity index (χ0v) is 12.6. The molecule has 1 amide bonds. The van der Waals surface area contributed by atoms with E-state index in [2.05, 4.69) is 10.4 Å². The van der Waals surface area contributed by atoms with Gasteiger partial charge in [0.1, 0.15) is 5.58 Å². The second-order valence-corrected chi connectivity index (χ2v) is 5.36. The number of aromatic nitrogens is 2. The van der Waals surface area contributed by atoms with Crippen LogP contribution in [0.25, 0.3) is 16.5 Å². The van der Waals surface area contributed by atoms with E-state index in [1.807, 2.05) is 30.5 Å². The summed E-state index contributed by atoms with van der Waals surface area (Å²) >= 11 is 0. The molecule has 0 aliphatic heterocycles. The van der Waals surface area contributed by atoms with Gasteiger partial charge in [-0.3, -0.25) is 9.59 Å². The average molecular weight is 319 g/mol. The number of fused-ring (bicyclic) bond motifs is 2. The van der Waals surface area contributed by atoms with Crippen LogP contribution in [0, 0.1) is 0 Å². The van der Waals surface area contributed by atoms with Gasteiger partial charge in [-0.1, -0.05) is 18.2 Å². The zero-order valence-electron chi connectivity index (χ0n) is 12.6. The number of nitrogens with zero attached hydrogens (tertiary/aromatic N) is 2. The molecule has 0 saturated carbocycles. The van der Waals surface area contributed by atoms with Gasteiger partial charge in [0.15, 0.2) is 11.2 Å². The highest BCUT2D eigenvalue weighted by Gasteiger charge is 2.12. The highest BCUT2D eigenvalue weighted by atomic mass is 16.3. The summed E-state index contributed by atoms with van der Waals surface area (Å²) in [5.74, 6) is -0.461. The SMILES string of the molecule is O=C(NCc1cc2ccccn2n1)c1cc(=O)c2ccccc2o1. The summed E-state index contributed by atoms with van der Waals surface area (Å²) in [5.41, 5.74) is 1.81. The molecule has 0 saturated heterocycles. The van der Waals surface area contributed by atoms with Crippen LogP contribution in [0.1, 0.15) is 16.2 Å². The zero-order chi connectivity index (χ0) is 16.5. The van der Waals surface area contributed by atoms with Gasteiger partial charge in [0, 0.05) is 12.3 Å². The number of hydrogen-bond acceptors (Lipinski definition) is 4. The summed E-state index contributed by atoms with van der Waals surface area (Å²) in [4.78, 5) is 24.3. The molecule has 0 aliphatic carbocycles. The molecule has 0 unspecified atom stereocenters. The molecule has 0 aliphatic rings. The van der Waals surface area contributed by atoms with Crippen molar-refractivity contribution in [2.45, 2.75) is 6.54 Å². The Morgan fingerprint density at radius 1 is 1.12 bits per heavy atom. The molecule has 24 heavy (non-hydrogen) atoms. The van der Waals surface area contributed by atoms with Crippen molar-refractivity contribution in [2.24, 2.45) is 0 Å². The fourth-order valence-corrected chi connectivity index (χ4v) is 2.55. The lowest BCUT2D eigenvalue weighted by atomic mass is 10.2. The molecule has 6 heteroatoms. The first kappa shape index (κ1) is 14.2. The van der Waals surface area contributed by atoms with E-state index in [0.717, 1.165) is 11.2 Å². The van der Waals surface area contributed by atoms with E-state index < -0.39 is 5.91 Å². The normalized spacial score (nSPS) is 11.0. The van der Waals surface area contributed by atoms with E-state index in [9.17, 15) is 9.59 Å². The summed E-state index contributed by atoms with van der Waals surface area (Å²) in [6, 6.07) is 15.7. The minimum absolute atomic E-state index is 0.0116. The van der Waals surface area contributed by atoms with Crippen LogP contribution in [0.4, 0.5) is 0 Å². The lowest BCUT2D eigenvalue weighted by Crippen LogP contribution is -2.24. The maximum atomic E-state index is 12.3. The second kappa shape index (κ2) is 5.66. The van der Waals surface area contributed by atoms with E-state index in [1.54, 1.807) is 28.8 Å². The quantitative estimate of drug-likeness (QED) is 0.629. The van der Waals surface area contributed by atoms with Crippen molar-refractivity contribution in [1.29, 1.82) is 0 Å². The third kappa shape index (κ3) is 2.54. The van der Waals surface area contributed by atoms with Crippen molar-refractivity contribution in [3.05, 3.63) is 82.5 Å². The minimum atomic E-state index is -0.449. The van der Waals surface area contributed by atoms with Crippen LogP contribution >= 0.6 is 0 Å². The van der Waals surface area contributed by atoms with E-state index in [1.165, 1.54) is 6.07 Å². The van der Waals surface area contributed by atoms with Gasteiger partial charge in [-0.15, -0.1) is 0 Å². The maximum Gasteiger partial charge on any atom is 0.287 e. The van der Waals surface area contributed by atoms with Crippen molar-refractivity contribution in [2.75, 3.05) is 0 Å². The predicted molar refractivity (Wildman–Crippen MR) is 88.8 cm³/mol. The predicted octanol–water partition coefficient (Wildman–Crippen LogP) is 2.37. The summed E-state index contributed by atoms with van der Waals surface area (Å²) in [5, 5.41) is 7.53. The molecule has 0 radical (unpaired) electrons. The number of benzene rings is 1. The molecule has 0 bridgehead atoms. The first-order valence-electron chi connectivity index (χ1n) is 7.45.